The molecule has 0 amide bonds. The van der Waals surface area contributed by atoms with Crippen molar-refractivity contribution in [1.82, 2.24) is 20.2 Å². The molecule has 1 aliphatic heterocycles. The van der Waals surface area contributed by atoms with Gasteiger partial charge in [0.25, 0.3) is 0 Å². The van der Waals surface area contributed by atoms with E-state index in [0.29, 0.717) is 6.04 Å². The van der Waals surface area contributed by atoms with Gasteiger partial charge in [-0.15, -0.1) is 0 Å². The van der Waals surface area contributed by atoms with Gasteiger partial charge in [-0.25, -0.2) is 0 Å². The Labute approximate surface area is 155 Å². The van der Waals surface area contributed by atoms with Crippen molar-refractivity contribution in [3.8, 4) is 0 Å². The first-order valence-electron chi connectivity index (χ1n) is 9.31. The first kappa shape index (κ1) is 16.6. The van der Waals surface area contributed by atoms with Crippen LogP contribution >= 0.6 is 12.2 Å². The fourth-order valence-electron chi connectivity index (χ4n) is 4.50. The van der Waals surface area contributed by atoms with Gasteiger partial charge in [0.05, 0.1) is 17.8 Å². The van der Waals surface area contributed by atoms with Crippen LogP contribution < -0.4 is 5.32 Å². The molecule has 25 heavy (non-hydrogen) atoms. The van der Waals surface area contributed by atoms with E-state index in [4.69, 9.17) is 12.2 Å². The number of nitrogens with one attached hydrogen (secondary N) is 2. The molecule has 2 aromatic rings. The lowest BCUT2D eigenvalue weighted by molar-refractivity contribution is 0.197. The lowest BCUT2D eigenvalue weighted by Crippen LogP contribution is -2.40. The smallest absolute Gasteiger partial charge is 0.170 e. The molecule has 0 spiro atoms. The molecule has 0 aromatic carbocycles. The van der Waals surface area contributed by atoms with Gasteiger partial charge in [-0.1, -0.05) is 25.3 Å². The molecule has 2 N–H and O–H groups in total. The summed E-state index contributed by atoms with van der Waals surface area (Å²) in [7, 11) is 0. The van der Waals surface area contributed by atoms with Crippen LogP contribution in [-0.2, 0) is 0 Å². The highest BCUT2D eigenvalue weighted by atomic mass is 32.1. The second-order valence-corrected chi connectivity index (χ2v) is 7.75. The van der Waals surface area contributed by atoms with Crippen LogP contribution in [0, 0.1) is 13.8 Å². The third-order valence-electron chi connectivity index (χ3n) is 5.61. The summed E-state index contributed by atoms with van der Waals surface area (Å²) in [6, 6.07) is 9.24. The summed E-state index contributed by atoms with van der Waals surface area (Å²) in [6.07, 6.45) is 8.29. The number of pyridine rings is 1. The van der Waals surface area contributed by atoms with E-state index in [0.717, 1.165) is 10.8 Å². The van der Waals surface area contributed by atoms with Crippen LogP contribution in [0.1, 0.15) is 66.8 Å². The van der Waals surface area contributed by atoms with E-state index in [1.165, 1.54) is 49.1 Å². The maximum atomic E-state index is 5.80. The van der Waals surface area contributed by atoms with Crippen LogP contribution in [0.2, 0.25) is 0 Å². The monoisotopic (exact) mass is 354 g/mol. The van der Waals surface area contributed by atoms with Crippen LogP contribution in [0.4, 0.5) is 0 Å². The van der Waals surface area contributed by atoms with Crippen molar-refractivity contribution < 1.29 is 0 Å². The molecule has 5 heteroatoms. The van der Waals surface area contributed by atoms with Crippen molar-refractivity contribution in [2.75, 3.05) is 0 Å². The zero-order valence-corrected chi connectivity index (χ0v) is 15.8. The summed E-state index contributed by atoms with van der Waals surface area (Å²) < 4.78 is 0. The van der Waals surface area contributed by atoms with E-state index < -0.39 is 0 Å². The van der Waals surface area contributed by atoms with Gasteiger partial charge in [0.1, 0.15) is 0 Å². The van der Waals surface area contributed by atoms with Gasteiger partial charge in [0, 0.05) is 23.6 Å². The molecule has 0 bridgehead atoms. The topological polar surface area (TPSA) is 44.0 Å². The highest BCUT2D eigenvalue weighted by Crippen LogP contribution is 2.43. The molecule has 3 heterocycles. The average Bonchev–Trinajstić information content (AvgIpc) is 3.15. The number of rotatable bonds is 3. The summed E-state index contributed by atoms with van der Waals surface area (Å²) in [6.45, 7) is 4.29. The first-order valence-corrected chi connectivity index (χ1v) is 9.72. The van der Waals surface area contributed by atoms with Crippen molar-refractivity contribution in [3.05, 3.63) is 53.1 Å². The summed E-state index contributed by atoms with van der Waals surface area (Å²) in [5.41, 5.74) is 4.84. The standard InChI is InChI=1S/C20H26N4S/c1-13-12-16(14(2)22-13)19-18(17-10-6-7-11-21-17)23-20(25)24(19)15-8-4-3-5-9-15/h6-7,10-12,15,18-19,22H,3-5,8-9H2,1-2H3,(H,23,25)/t18-,19-/m1/s1. The van der Waals surface area contributed by atoms with Crippen molar-refractivity contribution in [2.45, 2.75) is 64.1 Å². The van der Waals surface area contributed by atoms with Crippen molar-refractivity contribution in [1.29, 1.82) is 0 Å². The SMILES string of the molecule is Cc1cc([C@@H]2[C@@H](c3ccccn3)NC(=S)N2C2CCCCC2)c(C)[nH]1. The Hall–Kier alpha value is -1.88. The highest BCUT2D eigenvalue weighted by Gasteiger charge is 2.43. The van der Waals surface area contributed by atoms with Crippen LogP contribution in [0.15, 0.2) is 30.5 Å². The molecule has 2 atom stereocenters. The van der Waals surface area contributed by atoms with Gasteiger partial charge in [0.15, 0.2) is 5.11 Å². The minimum atomic E-state index is 0.101. The quantitative estimate of drug-likeness (QED) is 0.805. The Morgan fingerprint density at radius 2 is 1.96 bits per heavy atom. The molecule has 4 rings (SSSR count). The number of aryl methyl sites for hydroxylation is 2. The van der Waals surface area contributed by atoms with Crippen molar-refractivity contribution >= 4 is 17.3 Å². The minimum Gasteiger partial charge on any atom is -0.362 e. The van der Waals surface area contributed by atoms with Gasteiger partial charge >= 0.3 is 0 Å². The maximum Gasteiger partial charge on any atom is 0.170 e. The predicted molar refractivity (Wildman–Crippen MR) is 104 cm³/mol. The highest BCUT2D eigenvalue weighted by molar-refractivity contribution is 7.80. The molecule has 132 valence electrons. The fourth-order valence-corrected chi connectivity index (χ4v) is 4.89. The summed E-state index contributed by atoms with van der Waals surface area (Å²) in [5.74, 6) is 0. The Balaban J connectivity index is 1.77. The van der Waals surface area contributed by atoms with Gasteiger partial charge in [-0.2, -0.15) is 0 Å². The number of aromatic nitrogens is 2. The lowest BCUT2D eigenvalue weighted by Gasteiger charge is -2.37. The maximum absolute atomic E-state index is 5.80. The third-order valence-corrected chi connectivity index (χ3v) is 5.94. The Bertz CT molecular complexity index is 748. The van der Waals surface area contributed by atoms with Crippen LogP contribution in [0.25, 0.3) is 0 Å². The second kappa shape index (κ2) is 6.79. The van der Waals surface area contributed by atoms with E-state index in [2.05, 4.69) is 52.2 Å². The summed E-state index contributed by atoms with van der Waals surface area (Å²) in [4.78, 5) is 10.6. The van der Waals surface area contributed by atoms with Crippen LogP contribution in [0.3, 0.4) is 0 Å². The molecule has 2 fully saturated rings. The van der Waals surface area contributed by atoms with Gasteiger partial charge in [-0.05, 0) is 62.7 Å². The van der Waals surface area contributed by atoms with Gasteiger partial charge in [0.2, 0.25) is 0 Å². The number of hydrogen-bond donors (Lipinski definition) is 2. The molecule has 1 saturated heterocycles. The molecular weight excluding hydrogens is 328 g/mol. The molecular formula is C20H26N4S. The van der Waals surface area contributed by atoms with Crippen LogP contribution in [-0.4, -0.2) is 26.0 Å². The Morgan fingerprint density at radius 3 is 2.60 bits per heavy atom. The number of aromatic amines is 1. The fraction of sp³-hybridized carbons (Fsp3) is 0.500. The number of H-pyrrole nitrogens is 1. The molecule has 1 saturated carbocycles. The molecule has 0 unspecified atom stereocenters. The lowest BCUT2D eigenvalue weighted by atomic mass is 9.90. The first-order chi connectivity index (χ1) is 12.1. The van der Waals surface area contributed by atoms with E-state index in [9.17, 15) is 0 Å². The Kier molecular flexibility index (Phi) is 4.50. The normalized spacial score (nSPS) is 24.6. The van der Waals surface area contributed by atoms with E-state index in [1.54, 1.807) is 0 Å². The molecule has 2 aliphatic rings. The van der Waals surface area contributed by atoms with E-state index in [1.807, 2.05) is 12.3 Å². The van der Waals surface area contributed by atoms with Gasteiger partial charge < -0.3 is 15.2 Å². The van der Waals surface area contributed by atoms with Crippen molar-refractivity contribution in [2.24, 2.45) is 0 Å². The van der Waals surface area contributed by atoms with Crippen LogP contribution in [0.5, 0.6) is 0 Å². The Morgan fingerprint density at radius 1 is 1.16 bits per heavy atom. The zero-order chi connectivity index (χ0) is 17.4. The van der Waals surface area contributed by atoms with Crippen molar-refractivity contribution in [3.63, 3.8) is 0 Å². The predicted octanol–water partition coefficient (Wildman–Crippen LogP) is 4.33. The number of hydrogen-bond acceptors (Lipinski definition) is 2. The molecule has 2 aromatic heterocycles. The average molecular weight is 355 g/mol. The second-order valence-electron chi connectivity index (χ2n) is 7.36. The van der Waals surface area contributed by atoms with E-state index >= 15 is 0 Å². The number of thiocarbonyl (C=S) groups is 1. The summed E-state index contributed by atoms with van der Waals surface area (Å²) >= 11 is 5.80. The van der Waals surface area contributed by atoms with Gasteiger partial charge in [-0.3, -0.25) is 4.98 Å². The summed E-state index contributed by atoms with van der Waals surface area (Å²) in [5, 5.41) is 4.46. The largest absolute Gasteiger partial charge is 0.362 e. The minimum absolute atomic E-state index is 0.101. The zero-order valence-electron chi connectivity index (χ0n) is 15.0. The molecule has 0 radical (unpaired) electrons. The number of nitrogens with zero attached hydrogens (tertiary/aromatic N) is 2. The molecule has 1 aliphatic carbocycles. The van der Waals surface area contributed by atoms with E-state index in [-0.39, 0.29) is 12.1 Å². The molecule has 4 nitrogen and oxygen atoms in total. The third kappa shape index (κ3) is 3.06.